The number of hydrogen-bond donors (Lipinski definition) is 1. The van der Waals surface area contributed by atoms with Gasteiger partial charge < -0.3 is 5.32 Å². The number of thioether (sulfide) groups is 1. The lowest BCUT2D eigenvalue weighted by Gasteiger charge is -2.06. The van der Waals surface area contributed by atoms with Crippen LogP contribution in [0.25, 0.3) is 0 Å². The third kappa shape index (κ3) is 4.01. The van der Waals surface area contributed by atoms with E-state index in [1.165, 1.54) is 35.3 Å². The number of hydrogen-bond acceptors (Lipinski definition) is 2. The summed E-state index contributed by atoms with van der Waals surface area (Å²) in [5.74, 6) is 0.492. The number of amides is 1. The quantitative estimate of drug-likeness (QED) is 0.595. The summed E-state index contributed by atoms with van der Waals surface area (Å²) in [6, 6.07) is 14.4. The molecule has 1 aliphatic carbocycles. The molecule has 0 spiro atoms. The van der Waals surface area contributed by atoms with Gasteiger partial charge in [-0.05, 0) is 89.4 Å². The van der Waals surface area contributed by atoms with Crippen LogP contribution in [-0.4, -0.2) is 11.7 Å². The average molecular weight is 409 g/mol. The van der Waals surface area contributed by atoms with E-state index in [4.69, 9.17) is 0 Å². The summed E-state index contributed by atoms with van der Waals surface area (Å²) < 4.78 is 1.16. The van der Waals surface area contributed by atoms with E-state index in [9.17, 15) is 4.79 Å². The second kappa shape index (κ2) is 6.83. The van der Waals surface area contributed by atoms with Crippen LogP contribution in [-0.2, 0) is 17.6 Å². The molecule has 0 bridgehead atoms. The summed E-state index contributed by atoms with van der Waals surface area (Å²) in [7, 11) is 0. The number of fused-ring (bicyclic) bond motifs is 1. The molecule has 1 aliphatic rings. The van der Waals surface area contributed by atoms with Crippen molar-refractivity contribution in [1.29, 1.82) is 0 Å². The largest absolute Gasteiger partial charge is 0.325 e. The smallest absolute Gasteiger partial charge is 0.234 e. The Bertz CT molecular complexity index is 654. The zero-order chi connectivity index (χ0) is 14.7. The SMILES string of the molecule is O=C(CSc1ccc2c(c1)CCC2)Nc1ccc(I)cc1. The van der Waals surface area contributed by atoms with E-state index in [2.05, 4.69) is 46.1 Å². The highest BCUT2D eigenvalue weighted by atomic mass is 127. The first-order chi connectivity index (χ1) is 10.2. The Balaban J connectivity index is 1.55. The number of carbonyl (C=O) groups is 1. The lowest BCUT2D eigenvalue weighted by molar-refractivity contribution is -0.113. The molecule has 2 aromatic carbocycles. The number of rotatable bonds is 4. The second-order valence-electron chi connectivity index (χ2n) is 5.13. The Kier molecular flexibility index (Phi) is 4.85. The molecule has 0 aliphatic heterocycles. The normalized spacial score (nSPS) is 13.0. The van der Waals surface area contributed by atoms with E-state index < -0.39 is 0 Å². The summed E-state index contributed by atoms with van der Waals surface area (Å²) >= 11 is 3.86. The number of halogens is 1. The molecule has 0 fully saturated rings. The predicted molar refractivity (Wildman–Crippen MR) is 97.0 cm³/mol. The molecule has 1 amide bonds. The van der Waals surface area contributed by atoms with E-state index in [0.717, 1.165) is 9.26 Å². The number of carbonyl (C=O) groups excluding carboxylic acids is 1. The number of aryl methyl sites for hydroxylation is 2. The molecule has 0 saturated carbocycles. The Morgan fingerprint density at radius 3 is 2.67 bits per heavy atom. The van der Waals surface area contributed by atoms with Crippen LogP contribution in [0.1, 0.15) is 17.5 Å². The molecule has 2 nitrogen and oxygen atoms in total. The standard InChI is InChI=1S/C17H16INOS/c18-14-5-7-15(8-6-14)19-17(20)11-21-16-9-4-12-2-1-3-13(12)10-16/h4-10H,1-3,11H2,(H,19,20). The highest BCUT2D eigenvalue weighted by Crippen LogP contribution is 2.27. The minimum Gasteiger partial charge on any atom is -0.325 e. The Hall–Kier alpha value is -1.01. The fraction of sp³-hybridized carbons (Fsp3) is 0.235. The first-order valence-corrected chi connectivity index (χ1v) is 9.07. The van der Waals surface area contributed by atoms with Crippen molar-refractivity contribution in [3.05, 3.63) is 57.2 Å². The zero-order valence-electron chi connectivity index (χ0n) is 11.6. The van der Waals surface area contributed by atoms with Gasteiger partial charge in [-0.1, -0.05) is 6.07 Å². The number of benzene rings is 2. The Labute approximate surface area is 142 Å². The number of nitrogens with one attached hydrogen (secondary N) is 1. The third-order valence-electron chi connectivity index (χ3n) is 3.57. The average Bonchev–Trinajstić information content (AvgIpc) is 2.95. The molecule has 0 unspecified atom stereocenters. The van der Waals surface area contributed by atoms with Crippen molar-refractivity contribution in [3.8, 4) is 0 Å². The fourth-order valence-electron chi connectivity index (χ4n) is 2.52. The van der Waals surface area contributed by atoms with E-state index in [1.807, 2.05) is 24.3 Å². The Morgan fingerprint density at radius 2 is 1.86 bits per heavy atom. The van der Waals surface area contributed by atoms with Gasteiger partial charge in [0.05, 0.1) is 5.75 Å². The van der Waals surface area contributed by atoms with Crippen LogP contribution in [0.4, 0.5) is 5.69 Å². The lowest BCUT2D eigenvalue weighted by atomic mass is 10.1. The predicted octanol–water partition coefficient (Wildman–Crippen LogP) is 4.51. The molecule has 0 saturated heterocycles. The highest BCUT2D eigenvalue weighted by molar-refractivity contribution is 14.1. The van der Waals surface area contributed by atoms with Crippen LogP contribution in [0.3, 0.4) is 0 Å². The van der Waals surface area contributed by atoms with Crippen molar-refractivity contribution >= 4 is 45.9 Å². The van der Waals surface area contributed by atoms with Crippen LogP contribution >= 0.6 is 34.4 Å². The van der Waals surface area contributed by atoms with Crippen molar-refractivity contribution in [2.45, 2.75) is 24.2 Å². The van der Waals surface area contributed by atoms with Crippen LogP contribution in [0, 0.1) is 3.57 Å². The zero-order valence-corrected chi connectivity index (χ0v) is 14.5. The molecule has 0 atom stereocenters. The lowest BCUT2D eigenvalue weighted by Crippen LogP contribution is -2.13. The summed E-state index contributed by atoms with van der Waals surface area (Å²) in [6.45, 7) is 0. The summed E-state index contributed by atoms with van der Waals surface area (Å²) in [6.07, 6.45) is 3.64. The minimum absolute atomic E-state index is 0.0432. The van der Waals surface area contributed by atoms with Gasteiger partial charge in [0.2, 0.25) is 5.91 Å². The molecular weight excluding hydrogens is 393 g/mol. The van der Waals surface area contributed by atoms with Gasteiger partial charge in [0.25, 0.3) is 0 Å². The third-order valence-corrected chi connectivity index (χ3v) is 5.28. The monoisotopic (exact) mass is 409 g/mol. The summed E-state index contributed by atoms with van der Waals surface area (Å²) in [4.78, 5) is 13.2. The maximum absolute atomic E-state index is 12.0. The topological polar surface area (TPSA) is 29.1 Å². The van der Waals surface area contributed by atoms with Crippen molar-refractivity contribution in [2.75, 3.05) is 11.1 Å². The first kappa shape index (κ1) is 14.9. The van der Waals surface area contributed by atoms with Crippen molar-refractivity contribution < 1.29 is 4.79 Å². The molecule has 108 valence electrons. The minimum atomic E-state index is 0.0432. The van der Waals surface area contributed by atoms with Crippen LogP contribution < -0.4 is 5.32 Å². The van der Waals surface area contributed by atoms with Crippen molar-refractivity contribution in [2.24, 2.45) is 0 Å². The van der Waals surface area contributed by atoms with Crippen molar-refractivity contribution in [3.63, 3.8) is 0 Å². The molecular formula is C17H16INOS. The van der Waals surface area contributed by atoms with Gasteiger partial charge in [0.1, 0.15) is 0 Å². The van der Waals surface area contributed by atoms with Gasteiger partial charge >= 0.3 is 0 Å². The van der Waals surface area contributed by atoms with Crippen LogP contribution in [0.5, 0.6) is 0 Å². The summed E-state index contributed by atoms with van der Waals surface area (Å²) in [5.41, 5.74) is 3.79. The van der Waals surface area contributed by atoms with Crippen LogP contribution in [0.2, 0.25) is 0 Å². The molecule has 1 N–H and O–H groups in total. The van der Waals surface area contributed by atoms with E-state index >= 15 is 0 Å². The van der Waals surface area contributed by atoms with Gasteiger partial charge in [-0.3, -0.25) is 4.79 Å². The first-order valence-electron chi connectivity index (χ1n) is 7.01. The summed E-state index contributed by atoms with van der Waals surface area (Å²) in [5, 5.41) is 2.93. The second-order valence-corrected chi connectivity index (χ2v) is 7.42. The van der Waals surface area contributed by atoms with Gasteiger partial charge in [-0.15, -0.1) is 11.8 Å². The fourth-order valence-corrected chi connectivity index (χ4v) is 3.64. The molecule has 3 rings (SSSR count). The maximum Gasteiger partial charge on any atom is 0.234 e. The highest BCUT2D eigenvalue weighted by Gasteiger charge is 2.11. The van der Waals surface area contributed by atoms with E-state index in [1.54, 1.807) is 11.8 Å². The van der Waals surface area contributed by atoms with E-state index in [0.29, 0.717) is 5.75 Å². The molecule has 0 radical (unpaired) electrons. The molecule has 4 heteroatoms. The van der Waals surface area contributed by atoms with Crippen molar-refractivity contribution in [1.82, 2.24) is 0 Å². The molecule has 0 heterocycles. The molecule has 21 heavy (non-hydrogen) atoms. The number of anilines is 1. The van der Waals surface area contributed by atoms with Gasteiger partial charge in [-0.25, -0.2) is 0 Å². The Morgan fingerprint density at radius 1 is 1.10 bits per heavy atom. The van der Waals surface area contributed by atoms with Gasteiger partial charge in [0.15, 0.2) is 0 Å². The maximum atomic E-state index is 12.0. The molecule has 2 aromatic rings. The van der Waals surface area contributed by atoms with E-state index in [-0.39, 0.29) is 5.91 Å². The molecule has 0 aromatic heterocycles. The van der Waals surface area contributed by atoms with Crippen LogP contribution in [0.15, 0.2) is 47.4 Å². The van der Waals surface area contributed by atoms with Gasteiger partial charge in [0, 0.05) is 14.2 Å². The van der Waals surface area contributed by atoms with Gasteiger partial charge in [-0.2, -0.15) is 0 Å².